The quantitative estimate of drug-likeness (QED) is 0.803. The second-order valence-corrected chi connectivity index (χ2v) is 5.93. The van der Waals surface area contributed by atoms with Crippen LogP contribution in [0, 0.1) is 5.92 Å². The highest BCUT2D eigenvalue weighted by Crippen LogP contribution is 2.26. The van der Waals surface area contributed by atoms with Gasteiger partial charge in [0.2, 0.25) is 0 Å². The first kappa shape index (κ1) is 18.1. The molecule has 24 heavy (non-hydrogen) atoms. The van der Waals surface area contributed by atoms with E-state index in [1.54, 1.807) is 12.1 Å². The summed E-state index contributed by atoms with van der Waals surface area (Å²) in [5.41, 5.74) is 0.695. The second-order valence-electron chi connectivity index (χ2n) is 5.93. The number of rotatable bonds is 6. The van der Waals surface area contributed by atoms with Gasteiger partial charge in [-0.05, 0) is 24.3 Å². The Kier molecular flexibility index (Phi) is 6.49. The maximum Gasteiger partial charge on any atom is 0.328 e. The van der Waals surface area contributed by atoms with Gasteiger partial charge in [0.15, 0.2) is 6.10 Å². The second kappa shape index (κ2) is 8.59. The molecule has 3 atom stereocenters. The van der Waals surface area contributed by atoms with Gasteiger partial charge in [0.1, 0.15) is 11.8 Å². The summed E-state index contributed by atoms with van der Waals surface area (Å²) < 4.78 is 10.1. The number of hydrogen-bond acceptors (Lipinski definition) is 5. The van der Waals surface area contributed by atoms with Crippen molar-refractivity contribution in [2.24, 2.45) is 5.92 Å². The molecule has 1 fully saturated rings. The number of esters is 1. The molecule has 0 aromatic heterocycles. The van der Waals surface area contributed by atoms with Gasteiger partial charge in [-0.1, -0.05) is 30.3 Å². The molecule has 2 rings (SSSR count). The summed E-state index contributed by atoms with van der Waals surface area (Å²) in [5, 5.41) is 2.72. The van der Waals surface area contributed by atoms with E-state index in [1.807, 2.05) is 18.2 Å². The van der Waals surface area contributed by atoms with Gasteiger partial charge in [-0.25, -0.2) is 4.79 Å². The molecule has 0 unspecified atom stereocenters. The summed E-state index contributed by atoms with van der Waals surface area (Å²) in [5.74, 6) is -1.08. The van der Waals surface area contributed by atoms with Crippen LogP contribution in [0.25, 0.3) is 0 Å². The number of amides is 1. The van der Waals surface area contributed by atoms with Crippen molar-refractivity contribution in [1.82, 2.24) is 5.32 Å². The van der Waals surface area contributed by atoms with Gasteiger partial charge in [-0.2, -0.15) is 0 Å². The van der Waals surface area contributed by atoms with Crippen LogP contribution in [-0.2, 0) is 23.9 Å². The molecule has 0 radical (unpaired) electrons. The van der Waals surface area contributed by atoms with Crippen LogP contribution in [-0.4, -0.2) is 37.9 Å². The van der Waals surface area contributed by atoms with Gasteiger partial charge < -0.3 is 14.8 Å². The molecule has 1 aromatic carbocycles. The lowest BCUT2D eigenvalue weighted by atomic mass is 9.83. The fourth-order valence-corrected chi connectivity index (χ4v) is 3.09. The number of hydrogen-bond donors (Lipinski definition) is 1. The van der Waals surface area contributed by atoms with E-state index < -0.39 is 24.0 Å². The fourth-order valence-electron chi connectivity index (χ4n) is 3.09. The molecule has 0 spiro atoms. The normalized spacial score (nSPS) is 20.1. The Hall–Kier alpha value is -2.21. The number of carbonyl (C=O) groups excluding carboxylic acids is 3. The molecule has 1 amide bonds. The monoisotopic (exact) mass is 333 g/mol. The van der Waals surface area contributed by atoms with E-state index in [2.05, 4.69) is 5.32 Å². The number of carbonyl (C=O) groups is 3. The van der Waals surface area contributed by atoms with Crippen LogP contribution in [0.1, 0.15) is 37.4 Å². The smallest absolute Gasteiger partial charge is 0.328 e. The van der Waals surface area contributed by atoms with Crippen molar-refractivity contribution >= 4 is 17.7 Å². The van der Waals surface area contributed by atoms with Crippen molar-refractivity contribution in [3.05, 3.63) is 35.9 Å². The van der Waals surface area contributed by atoms with Crippen molar-refractivity contribution in [2.75, 3.05) is 14.2 Å². The number of ketones is 1. The highest BCUT2D eigenvalue weighted by molar-refractivity contribution is 5.89. The molecule has 6 heteroatoms. The molecule has 0 aliphatic heterocycles. The Bertz CT molecular complexity index is 586. The lowest BCUT2D eigenvalue weighted by Gasteiger charge is -2.29. The molecule has 1 N–H and O–H groups in total. The summed E-state index contributed by atoms with van der Waals surface area (Å²) in [6, 6.07) is 8.20. The number of ether oxygens (including phenoxy) is 2. The van der Waals surface area contributed by atoms with Gasteiger partial charge in [0.25, 0.3) is 5.91 Å². The third-order valence-corrected chi connectivity index (χ3v) is 4.32. The van der Waals surface area contributed by atoms with E-state index in [0.717, 1.165) is 6.42 Å². The lowest BCUT2D eigenvalue weighted by Crippen LogP contribution is -2.49. The maximum atomic E-state index is 12.6. The first-order valence-electron chi connectivity index (χ1n) is 8.04. The van der Waals surface area contributed by atoms with Gasteiger partial charge in [-0.15, -0.1) is 0 Å². The van der Waals surface area contributed by atoms with E-state index in [1.165, 1.54) is 14.2 Å². The number of nitrogens with one attached hydrogen (secondary N) is 1. The third-order valence-electron chi connectivity index (χ3n) is 4.32. The Morgan fingerprint density at radius 1 is 1.21 bits per heavy atom. The Labute approximate surface area is 141 Å². The van der Waals surface area contributed by atoms with Crippen molar-refractivity contribution in [3.63, 3.8) is 0 Å². The van der Waals surface area contributed by atoms with Gasteiger partial charge in [-0.3, -0.25) is 9.59 Å². The molecule has 0 bridgehead atoms. The summed E-state index contributed by atoms with van der Waals surface area (Å²) in [6.45, 7) is 0. The molecule has 130 valence electrons. The molecule has 1 aromatic rings. The number of Topliss-reactive ketones (excluding diaryl/α,β-unsaturated/α-hetero) is 1. The first-order valence-corrected chi connectivity index (χ1v) is 8.04. The zero-order chi connectivity index (χ0) is 17.5. The van der Waals surface area contributed by atoms with Gasteiger partial charge >= 0.3 is 5.97 Å². The van der Waals surface area contributed by atoms with Crippen molar-refractivity contribution in [1.29, 1.82) is 0 Å². The molecule has 6 nitrogen and oxygen atoms in total. The van der Waals surface area contributed by atoms with Crippen molar-refractivity contribution in [3.8, 4) is 0 Å². The molecule has 0 saturated heterocycles. The number of benzene rings is 1. The van der Waals surface area contributed by atoms with E-state index >= 15 is 0 Å². The minimum absolute atomic E-state index is 0.112. The van der Waals surface area contributed by atoms with E-state index in [4.69, 9.17) is 9.47 Å². The summed E-state index contributed by atoms with van der Waals surface area (Å²) >= 11 is 0. The van der Waals surface area contributed by atoms with Gasteiger partial charge in [0, 0.05) is 20.0 Å². The summed E-state index contributed by atoms with van der Waals surface area (Å²) in [7, 11) is 2.71. The van der Waals surface area contributed by atoms with Crippen molar-refractivity contribution < 1.29 is 23.9 Å². The summed E-state index contributed by atoms with van der Waals surface area (Å²) in [6.07, 6.45) is 1.41. The topological polar surface area (TPSA) is 81.7 Å². The zero-order valence-corrected chi connectivity index (χ0v) is 14.0. The SMILES string of the molecule is COC(=O)[C@H](NC(=O)[C@H](OC)c1ccccc1)[C@@H]1CCCC(=O)C1. The van der Waals surface area contributed by atoms with Crippen LogP contribution in [0.3, 0.4) is 0 Å². The Morgan fingerprint density at radius 2 is 1.92 bits per heavy atom. The van der Waals surface area contributed by atoms with Crippen LogP contribution >= 0.6 is 0 Å². The van der Waals surface area contributed by atoms with Crippen LogP contribution in [0.5, 0.6) is 0 Å². The molecule has 1 saturated carbocycles. The largest absolute Gasteiger partial charge is 0.467 e. The minimum atomic E-state index is -0.840. The van der Waals surface area contributed by atoms with E-state index in [-0.39, 0.29) is 18.1 Å². The van der Waals surface area contributed by atoms with E-state index in [9.17, 15) is 14.4 Å². The maximum absolute atomic E-state index is 12.6. The van der Waals surface area contributed by atoms with E-state index in [0.29, 0.717) is 18.4 Å². The predicted molar refractivity (Wildman–Crippen MR) is 87.1 cm³/mol. The Balaban J connectivity index is 2.14. The summed E-state index contributed by atoms with van der Waals surface area (Å²) in [4.78, 5) is 36.4. The fraction of sp³-hybridized carbons (Fsp3) is 0.500. The third kappa shape index (κ3) is 4.41. The van der Waals surface area contributed by atoms with Crippen molar-refractivity contribution in [2.45, 2.75) is 37.8 Å². The van der Waals surface area contributed by atoms with Crippen LogP contribution in [0.2, 0.25) is 0 Å². The minimum Gasteiger partial charge on any atom is -0.467 e. The highest BCUT2D eigenvalue weighted by Gasteiger charge is 2.35. The number of methoxy groups -OCH3 is 2. The molecular formula is C18H23NO5. The van der Waals surface area contributed by atoms with Crippen LogP contribution in [0.15, 0.2) is 30.3 Å². The van der Waals surface area contributed by atoms with Crippen LogP contribution in [0.4, 0.5) is 0 Å². The predicted octanol–water partition coefficient (Wildman–Crippen LogP) is 1.79. The molecule has 1 aliphatic rings. The average Bonchev–Trinajstić information content (AvgIpc) is 2.60. The van der Waals surface area contributed by atoms with Gasteiger partial charge in [0.05, 0.1) is 7.11 Å². The van der Waals surface area contributed by atoms with Crippen LogP contribution < -0.4 is 5.32 Å². The Morgan fingerprint density at radius 3 is 2.50 bits per heavy atom. The first-order chi connectivity index (χ1) is 11.6. The molecule has 0 heterocycles. The molecular weight excluding hydrogens is 310 g/mol. The average molecular weight is 333 g/mol. The lowest BCUT2D eigenvalue weighted by molar-refractivity contribution is -0.149. The standard InChI is InChI=1S/C18H23NO5/c1-23-16(12-7-4-3-5-8-12)17(21)19-15(18(22)24-2)13-9-6-10-14(20)11-13/h3-5,7-8,13,15-16H,6,9-11H2,1-2H3,(H,19,21)/t13-,15-,16-/m1/s1. The zero-order valence-electron chi connectivity index (χ0n) is 14.0. The molecule has 1 aliphatic carbocycles. The highest BCUT2D eigenvalue weighted by atomic mass is 16.5.